The molecular weight excluding hydrogens is 222 g/mol. The van der Waals surface area contributed by atoms with Gasteiger partial charge in [-0.25, -0.2) is 0 Å². The van der Waals surface area contributed by atoms with Gasteiger partial charge in [0.2, 0.25) is 5.91 Å². The van der Waals surface area contributed by atoms with E-state index in [-0.39, 0.29) is 11.9 Å². The van der Waals surface area contributed by atoms with E-state index < -0.39 is 12.0 Å². The van der Waals surface area contributed by atoms with Crippen LogP contribution in [0.4, 0.5) is 0 Å². The van der Waals surface area contributed by atoms with E-state index >= 15 is 0 Å². The first-order chi connectivity index (χ1) is 8.18. The maximum absolute atomic E-state index is 11.5. The number of piperazine rings is 1. The summed E-state index contributed by atoms with van der Waals surface area (Å²) < 4.78 is 0. The Balaban J connectivity index is 2.06. The molecule has 3 N–H and O–H groups in total. The fraction of sp³-hybridized carbons (Fsp3) is 0.818. The van der Waals surface area contributed by atoms with Crippen molar-refractivity contribution in [1.82, 2.24) is 15.5 Å². The first-order valence-electron chi connectivity index (χ1n) is 6.14. The Morgan fingerprint density at radius 2 is 2.24 bits per heavy atom. The summed E-state index contributed by atoms with van der Waals surface area (Å²) in [6.45, 7) is 2.67. The predicted molar refractivity (Wildman–Crippen MR) is 61.6 cm³/mol. The van der Waals surface area contributed by atoms with Gasteiger partial charge in [0.15, 0.2) is 0 Å². The van der Waals surface area contributed by atoms with Crippen molar-refractivity contribution in [3.63, 3.8) is 0 Å². The van der Waals surface area contributed by atoms with Crippen molar-refractivity contribution in [2.24, 2.45) is 0 Å². The summed E-state index contributed by atoms with van der Waals surface area (Å²) in [5.41, 5.74) is 0. The number of hydrogen-bond donors (Lipinski definition) is 3. The molecular formula is C11H19N3O3. The average molecular weight is 241 g/mol. The van der Waals surface area contributed by atoms with Crippen molar-refractivity contribution in [3.8, 4) is 0 Å². The molecule has 6 heteroatoms. The summed E-state index contributed by atoms with van der Waals surface area (Å²) in [6, 6.07) is -0.430. The maximum atomic E-state index is 11.5. The molecule has 0 spiro atoms. The highest BCUT2D eigenvalue weighted by atomic mass is 16.4. The number of rotatable bonds is 2. The monoisotopic (exact) mass is 241 g/mol. The van der Waals surface area contributed by atoms with Gasteiger partial charge < -0.3 is 15.7 Å². The number of carbonyl (C=O) groups is 2. The van der Waals surface area contributed by atoms with Crippen molar-refractivity contribution in [1.29, 1.82) is 0 Å². The van der Waals surface area contributed by atoms with E-state index in [4.69, 9.17) is 0 Å². The van der Waals surface area contributed by atoms with Crippen molar-refractivity contribution in [2.45, 2.75) is 31.3 Å². The maximum Gasteiger partial charge on any atom is 0.322 e. The van der Waals surface area contributed by atoms with E-state index in [0.717, 1.165) is 19.4 Å². The summed E-state index contributed by atoms with van der Waals surface area (Å²) >= 11 is 0. The zero-order valence-electron chi connectivity index (χ0n) is 9.82. The van der Waals surface area contributed by atoms with Gasteiger partial charge in [-0.2, -0.15) is 0 Å². The van der Waals surface area contributed by atoms with Crippen molar-refractivity contribution < 1.29 is 14.7 Å². The van der Waals surface area contributed by atoms with Crippen LogP contribution in [0.2, 0.25) is 0 Å². The first-order valence-corrected chi connectivity index (χ1v) is 6.14. The molecule has 2 fully saturated rings. The standard InChI is InChI=1S/C11H19N3O3/c15-10-6-8(2-1-3-13-10)14-5-4-12-7-9(14)11(16)17/h8-9,12H,1-7H2,(H,13,15)(H,16,17). The molecule has 0 aromatic heterocycles. The number of aliphatic carboxylic acids is 1. The Bertz CT molecular complexity index is 308. The van der Waals surface area contributed by atoms with Gasteiger partial charge in [0, 0.05) is 38.6 Å². The summed E-state index contributed by atoms with van der Waals surface area (Å²) in [4.78, 5) is 24.7. The molecule has 2 rings (SSSR count). The van der Waals surface area contributed by atoms with Crippen LogP contribution in [0.15, 0.2) is 0 Å². The molecule has 96 valence electrons. The Kier molecular flexibility index (Phi) is 3.96. The second kappa shape index (κ2) is 5.46. The van der Waals surface area contributed by atoms with Gasteiger partial charge in [-0.3, -0.25) is 14.5 Å². The van der Waals surface area contributed by atoms with Crippen LogP contribution >= 0.6 is 0 Å². The van der Waals surface area contributed by atoms with Crippen LogP contribution < -0.4 is 10.6 Å². The highest BCUT2D eigenvalue weighted by molar-refractivity contribution is 5.77. The van der Waals surface area contributed by atoms with E-state index in [2.05, 4.69) is 10.6 Å². The van der Waals surface area contributed by atoms with E-state index in [1.807, 2.05) is 4.90 Å². The van der Waals surface area contributed by atoms with Gasteiger partial charge in [0.25, 0.3) is 0 Å². The molecule has 2 aliphatic rings. The van der Waals surface area contributed by atoms with E-state index in [0.29, 0.717) is 26.1 Å². The molecule has 0 bridgehead atoms. The third-order valence-corrected chi connectivity index (χ3v) is 3.50. The number of carboxylic acid groups (broad SMARTS) is 1. The van der Waals surface area contributed by atoms with Gasteiger partial charge in [-0.05, 0) is 12.8 Å². The molecule has 2 heterocycles. The minimum atomic E-state index is -0.804. The fourth-order valence-electron chi connectivity index (χ4n) is 2.62. The van der Waals surface area contributed by atoms with Crippen LogP contribution in [0.1, 0.15) is 19.3 Å². The summed E-state index contributed by atoms with van der Waals surface area (Å²) in [7, 11) is 0. The van der Waals surface area contributed by atoms with Crippen LogP contribution in [0.25, 0.3) is 0 Å². The molecule has 2 aliphatic heterocycles. The van der Waals surface area contributed by atoms with E-state index in [1.165, 1.54) is 0 Å². The van der Waals surface area contributed by atoms with Gasteiger partial charge in [-0.1, -0.05) is 0 Å². The number of hydrogen-bond acceptors (Lipinski definition) is 4. The third kappa shape index (κ3) is 2.95. The summed E-state index contributed by atoms with van der Waals surface area (Å²) in [5.74, 6) is -0.767. The summed E-state index contributed by atoms with van der Waals surface area (Å²) in [6.07, 6.45) is 2.24. The molecule has 0 aromatic rings. The predicted octanol–water partition coefficient (Wildman–Crippen LogP) is -0.986. The van der Waals surface area contributed by atoms with Gasteiger partial charge in [-0.15, -0.1) is 0 Å². The Hall–Kier alpha value is -1.14. The van der Waals surface area contributed by atoms with Crippen molar-refractivity contribution in [2.75, 3.05) is 26.2 Å². The zero-order valence-corrected chi connectivity index (χ0v) is 9.82. The minimum Gasteiger partial charge on any atom is -0.480 e. The zero-order chi connectivity index (χ0) is 12.3. The molecule has 0 saturated carbocycles. The molecule has 6 nitrogen and oxygen atoms in total. The lowest BCUT2D eigenvalue weighted by Gasteiger charge is -2.38. The van der Waals surface area contributed by atoms with Crippen LogP contribution in [0.3, 0.4) is 0 Å². The van der Waals surface area contributed by atoms with Gasteiger partial charge in [0.05, 0.1) is 0 Å². The molecule has 2 saturated heterocycles. The molecule has 0 aromatic carbocycles. The smallest absolute Gasteiger partial charge is 0.322 e. The van der Waals surface area contributed by atoms with Crippen LogP contribution in [0, 0.1) is 0 Å². The van der Waals surface area contributed by atoms with Crippen LogP contribution in [-0.4, -0.2) is 60.1 Å². The largest absolute Gasteiger partial charge is 0.480 e. The van der Waals surface area contributed by atoms with Crippen LogP contribution in [0.5, 0.6) is 0 Å². The molecule has 2 atom stereocenters. The lowest BCUT2D eigenvalue weighted by molar-refractivity contribution is -0.145. The fourth-order valence-corrected chi connectivity index (χ4v) is 2.62. The van der Waals surface area contributed by atoms with Gasteiger partial charge >= 0.3 is 5.97 Å². The van der Waals surface area contributed by atoms with Crippen molar-refractivity contribution in [3.05, 3.63) is 0 Å². The number of amides is 1. The second-order valence-electron chi connectivity index (χ2n) is 4.65. The molecule has 2 unspecified atom stereocenters. The van der Waals surface area contributed by atoms with Crippen LogP contribution in [-0.2, 0) is 9.59 Å². The highest BCUT2D eigenvalue weighted by Gasteiger charge is 2.34. The number of carboxylic acids is 1. The SMILES string of the molecule is O=C1CC(N2CCNCC2C(=O)O)CCCN1. The quantitative estimate of drug-likeness (QED) is 0.578. The Morgan fingerprint density at radius 3 is 3.00 bits per heavy atom. The molecule has 1 amide bonds. The first kappa shape index (κ1) is 12.3. The number of nitrogens with zero attached hydrogens (tertiary/aromatic N) is 1. The molecule has 0 radical (unpaired) electrons. The summed E-state index contributed by atoms with van der Waals surface area (Å²) in [5, 5.41) is 15.1. The van der Waals surface area contributed by atoms with Crippen molar-refractivity contribution >= 4 is 11.9 Å². The highest BCUT2D eigenvalue weighted by Crippen LogP contribution is 2.18. The van der Waals surface area contributed by atoms with Gasteiger partial charge in [0.1, 0.15) is 6.04 Å². The average Bonchev–Trinajstić information content (AvgIpc) is 2.54. The van der Waals surface area contributed by atoms with E-state index in [9.17, 15) is 14.7 Å². The molecule has 0 aliphatic carbocycles. The normalized spacial score (nSPS) is 31.6. The lowest BCUT2D eigenvalue weighted by atomic mass is 10.0. The number of nitrogens with one attached hydrogen (secondary N) is 2. The topological polar surface area (TPSA) is 81.7 Å². The molecule has 17 heavy (non-hydrogen) atoms. The minimum absolute atomic E-state index is 0.0372. The van der Waals surface area contributed by atoms with E-state index in [1.54, 1.807) is 0 Å². The Labute approximate surface area is 100 Å². The Morgan fingerprint density at radius 1 is 1.41 bits per heavy atom. The number of carbonyl (C=O) groups excluding carboxylic acids is 1. The lowest BCUT2D eigenvalue weighted by Crippen LogP contribution is -2.58. The second-order valence-corrected chi connectivity index (χ2v) is 4.65. The third-order valence-electron chi connectivity index (χ3n) is 3.50.